The lowest BCUT2D eigenvalue weighted by Gasteiger charge is -1.87. The van der Waals surface area contributed by atoms with E-state index in [1.807, 2.05) is 0 Å². The van der Waals surface area contributed by atoms with E-state index in [1.54, 1.807) is 0 Å². The average Bonchev–Trinajstić information content (AvgIpc) is 1.91. The molecule has 0 saturated carbocycles. The number of aliphatic carboxylic acids is 1. The van der Waals surface area contributed by atoms with Gasteiger partial charge in [-0.3, -0.25) is 5.41 Å². The van der Waals surface area contributed by atoms with Gasteiger partial charge >= 0.3 is 0 Å². The zero-order valence-corrected chi connectivity index (χ0v) is 6.04. The molecule has 0 fully saturated rings. The van der Waals surface area contributed by atoms with E-state index in [0.717, 1.165) is 0 Å². The van der Waals surface area contributed by atoms with E-state index in [2.05, 4.69) is 0 Å². The van der Waals surface area contributed by atoms with E-state index in [9.17, 15) is 9.90 Å². The van der Waals surface area contributed by atoms with Crippen molar-refractivity contribution in [3.63, 3.8) is 0 Å². The van der Waals surface area contributed by atoms with Gasteiger partial charge in [0, 0.05) is 12.4 Å². The maximum Gasteiger partial charge on any atom is 0.138 e. The van der Waals surface area contributed by atoms with Gasteiger partial charge in [-0.05, 0) is 6.42 Å². The lowest BCUT2D eigenvalue weighted by Crippen LogP contribution is -2.29. The summed E-state index contributed by atoms with van der Waals surface area (Å²) < 4.78 is 0. The Kier molecular flexibility index (Phi) is 13.0. The van der Waals surface area contributed by atoms with Gasteiger partial charge in [-0.25, -0.2) is 0 Å². The third kappa shape index (κ3) is 27.5. The Bertz CT molecular complexity index is 93.0. The van der Waals surface area contributed by atoms with Gasteiger partial charge in [-0.1, -0.05) is 6.92 Å². The zero-order chi connectivity index (χ0) is 8.41. The molecule has 0 unspecified atom stereocenters. The number of carboxylic acids is 1. The summed E-state index contributed by atoms with van der Waals surface area (Å²) in [5.74, 6) is -0.995. The first-order valence-electron chi connectivity index (χ1n) is 3.03. The molecule has 0 radical (unpaired) electrons. The number of rotatable bonds is 3. The van der Waals surface area contributed by atoms with Crippen LogP contribution in [0.15, 0.2) is 0 Å². The first-order valence-corrected chi connectivity index (χ1v) is 3.03. The third-order valence-electron chi connectivity index (χ3n) is 0.584. The Hall–Kier alpha value is -0.900. The molecule has 4 heteroatoms. The molecule has 0 aromatic heterocycles. The van der Waals surface area contributed by atoms with Crippen LogP contribution >= 0.6 is 0 Å². The fourth-order valence-corrected chi connectivity index (χ4v) is 0.0745. The zero-order valence-electron chi connectivity index (χ0n) is 6.04. The van der Waals surface area contributed by atoms with Crippen LogP contribution in [0, 0.1) is 0 Å². The predicted octanol–water partition coefficient (Wildman–Crippen LogP) is -2.65. The second-order valence-corrected chi connectivity index (χ2v) is 1.47. The normalized spacial score (nSPS) is 7.40. The number of carboxylic acid groups (broad SMARTS) is 1. The molecule has 0 aromatic carbocycles. The van der Waals surface area contributed by atoms with Crippen molar-refractivity contribution in [1.82, 2.24) is 0 Å². The van der Waals surface area contributed by atoms with Gasteiger partial charge in [0.15, 0.2) is 0 Å². The molecule has 4 nitrogen and oxygen atoms in total. The van der Waals surface area contributed by atoms with E-state index < -0.39 is 5.97 Å². The van der Waals surface area contributed by atoms with E-state index in [4.69, 9.17) is 10.5 Å². The Morgan fingerprint density at radius 2 is 2.20 bits per heavy atom. The summed E-state index contributed by atoms with van der Waals surface area (Å²) in [6.07, 6.45) is 2.14. The topological polar surface area (TPSA) is 86.0 Å². The summed E-state index contributed by atoms with van der Waals surface area (Å²) in [5, 5.41) is 22.1. The Morgan fingerprint density at radius 1 is 1.80 bits per heavy atom. The number of carbonyl (C=O) groups excluding carboxylic acids is 1. The van der Waals surface area contributed by atoms with Crippen LogP contribution in [-0.2, 0) is 4.79 Å². The molecule has 0 aromatic rings. The summed E-state index contributed by atoms with van der Waals surface area (Å²) in [5.41, 5.74) is 0. The second-order valence-electron chi connectivity index (χ2n) is 1.47. The fraction of sp³-hybridized carbons (Fsp3) is 0.667. The largest absolute Gasteiger partial charge is 0.550 e. The fourth-order valence-electron chi connectivity index (χ4n) is 0.0745. The van der Waals surface area contributed by atoms with Crippen molar-refractivity contribution >= 4 is 12.2 Å². The van der Waals surface area contributed by atoms with Crippen LogP contribution in [0.2, 0.25) is 0 Å². The SMILES string of the molecule is CCC(=O)[O-].[NH2+]=CCCO. The highest BCUT2D eigenvalue weighted by atomic mass is 16.4. The van der Waals surface area contributed by atoms with E-state index in [0.29, 0.717) is 6.42 Å². The molecule has 0 aliphatic carbocycles. The monoisotopic (exact) mass is 147 g/mol. The van der Waals surface area contributed by atoms with Gasteiger partial charge in [0.1, 0.15) is 6.21 Å². The van der Waals surface area contributed by atoms with Crippen LogP contribution in [0.25, 0.3) is 0 Å². The van der Waals surface area contributed by atoms with Crippen molar-refractivity contribution in [2.75, 3.05) is 6.61 Å². The number of aliphatic hydroxyl groups excluding tert-OH is 1. The van der Waals surface area contributed by atoms with Crippen molar-refractivity contribution in [1.29, 1.82) is 0 Å². The molecule has 10 heavy (non-hydrogen) atoms. The molecule has 0 aliphatic heterocycles. The lowest BCUT2D eigenvalue weighted by atomic mass is 10.5. The highest BCUT2D eigenvalue weighted by Gasteiger charge is 1.69. The van der Waals surface area contributed by atoms with Crippen molar-refractivity contribution in [3.8, 4) is 0 Å². The van der Waals surface area contributed by atoms with Crippen LogP contribution in [-0.4, -0.2) is 23.9 Å². The number of aliphatic hydroxyl groups is 1. The van der Waals surface area contributed by atoms with Gasteiger partial charge < -0.3 is 15.0 Å². The number of nitrogens with two attached hydrogens (primary N) is 1. The smallest absolute Gasteiger partial charge is 0.138 e. The van der Waals surface area contributed by atoms with E-state index in [-0.39, 0.29) is 13.0 Å². The Balaban J connectivity index is 0. The molecule has 0 saturated heterocycles. The summed E-state index contributed by atoms with van der Waals surface area (Å²) in [7, 11) is 0. The predicted molar refractivity (Wildman–Crippen MR) is 35.0 cm³/mol. The van der Waals surface area contributed by atoms with Crippen molar-refractivity contribution in [3.05, 3.63) is 0 Å². The third-order valence-corrected chi connectivity index (χ3v) is 0.584. The molecule has 0 rings (SSSR count). The van der Waals surface area contributed by atoms with Crippen molar-refractivity contribution in [2.24, 2.45) is 0 Å². The van der Waals surface area contributed by atoms with Crippen LogP contribution in [0.4, 0.5) is 0 Å². The quantitative estimate of drug-likeness (QED) is 0.427. The molecule has 3 N–H and O–H groups in total. The highest BCUT2D eigenvalue weighted by Crippen LogP contribution is 1.61. The maximum atomic E-state index is 9.26. The van der Waals surface area contributed by atoms with Crippen molar-refractivity contribution in [2.45, 2.75) is 19.8 Å². The maximum absolute atomic E-state index is 9.26. The molecule has 0 bridgehead atoms. The van der Waals surface area contributed by atoms with Gasteiger partial charge in [0.25, 0.3) is 0 Å². The van der Waals surface area contributed by atoms with Gasteiger partial charge in [-0.2, -0.15) is 0 Å². The van der Waals surface area contributed by atoms with Crippen molar-refractivity contribution < 1.29 is 20.4 Å². The summed E-state index contributed by atoms with van der Waals surface area (Å²) in [6, 6.07) is 0. The van der Waals surface area contributed by atoms with Crippen LogP contribution in [0.3, 0.4) is 0 Å². The molecule has 0 spiro atoms. The average molecular weight is 147 g/mol. The van der Waals surface area contributed by atoms with E-state index in [1.165, 1.54) is 13.1 Å². The van der Waals surface area contributed by atoms with Crippen LogP contribution < -0.4 is 10.5 Å². The lowest BCUT2D eigenvalue weighted by molar-refractivity contribution is -0.305. The molecule has 60 valence electrons. The summed E-state index contributed by atoms with van der Waals surface area (Å²) in [4.78, 5) is 9.26. The minimum absolute atomic E-state index is 0.111. The van der Waals surface area contributed by atoms with Gasteiger partial charge in [-0.15, -0.1) is 0 Å². The first-order chi connectivity index (χ1) is 4.68. The minimum Gasteiger partial charge on any atom is -0.550 e. The molecular weight excluding hydrogens is 134 g/mol. The number of hydrogen-bond donors (Lipinski definition) is 2. The molecule has 0 amide bonds. The van der Waals surface area contributed by atoms with Gasteiger partial charge in [0.2, 0.25) is 0 Å². The minimum atomic E-state index is -0.995. The van der Waals surface area contributed by atoms with Crippen LogP contribution in [0.1, 0.15) is 19.8 Å². The number of hydrogen-bond acceptors (Lipinski definition) is 3. The van der Waals surface area contributed by atoms with Crippen LogP contribution in [0.5, 0.6) is 0 Å². The first kappa shape index (κ1) is 11.8. The molecule has 0 aliphatic rings. The van der Waals surface area contributed by atoms with E-state index >= 15 is 0 Å². The van der Waals surface area contributed by atoms with Gasteiger partial charge in [0.05, 0.1) is 6.61 Å². The second kappa shape index (κ2) is 11.0. The molecule has 0 atom stereocenters. The molecular formula is C6H13NO3. The summed E-state index contributed by atoms with van der Waals surface area (Å²) >= 11 is 0. The summed E-state index contributed by atoms with van der Waals surface area (Å²) in [6.45, 7) is 1.70. The molecule has 0 heterocycles. The Morgan fingerprint density at radius 3 is 2.20 bits per heavy atom. The standard InChI is InChI=1S/C3H7NO.C3H6O2/c4-2-1-3-5;1-2-3(4)5/h2,4-5H,1,3H2;2H2,1H3,(H,4,5). The number of carbonyl (C=O) groups is 1. The Labute approximate surface area is 60.0 Å². The highest BCUT2D eigenvalue weighted by molar-refractivity contribution is 5.63.